The molecule has 1 amide bonds. The lowest BCUT2D eigenvalue weighted by molar-refractivity contribution is -0.116. The van der Waals surface area contributed by atoms with Crippen molar-refractivity contribution in [2.45, 2.75) is 13.1 Å². The number of benzene rings is 2. The number of aromatic nitrogens is 2. The molecule has 2 aromatic heterocycles. The molecule has 0 unspecified atom stereocenters. The van der Waals surface area contributed by atoms with Gasteiger partial charge in [0.25, 0.3) is 5.56 Å². The number of methoxy groups -OCH3 is 2. The number of esters is 1. The Morgan fingerprint density at radius 1 is 0.971 bits per heavy atom. The van der Waals surface area contributed by atoms with E-state index in [1.54, 1.807) is 53.9 Å². The van der Waals surface area contributed by atoms with E-state index in [1.165, 1.54) is 36.2 Å². The topological polar surface area (TPSA) is 109 Å². The number of carbonyl (C=O) groups is 2. The van der Waals surface area contributed by atoms with Crippen molar-refractivity contribution in [1.82, 2.24) is 9.13 Å². The fraction of sp³-hybridized carbons (Fsp3) is 0.167. The van der Waals surface area contributed by atoms with Gasteiger partial charge >= 0.3 is 11.7 Å². The largest absolute Gasteiger partial charge is 0.496 e. The second-order valence-electron chi connectivity index (χ2n) is 7.29. The number of carbonyl (C=O) groups excluding carboxylic acids is 2. The normalized spacial score (nSPS) is 10.8. The van der Waals surface area contributed by atoms with Crippen molar-refractivity contribution in [2.75, 3.05) is 19.5 Å². The molecule has 0 radical (unpaired) electrons. The van der Waals surface area contributed by atoms with Crippen LogP contribution in [-0.2, 0) is 22.6 Å². The zero-order valence-electron chi connectivity index (χ0n) is 18.4. The van der Waals surface area contributed by atoms with Crippen LogP contribution >= 0.6 is 11.3 Å². The number of rotatable bonds is 7. The predicted molar refractivity (Wildman–Crippen MR) is 129 cm³/mol. The third kappa shape index (κ3) is 4.35. The molecule has 0 bridgehead atoms. The van der Waals surface area contributed by atoms with E-state index in [-0.39, 0.29) is 24.3 Å². The number of amides is 1. The fourth-order valence-corrected chi connectivity index (χ4v) is 4.49. The van der Waals surface area contributed by atoms with Crippen LogP contribution in [0.1, 0.15) is 15.9 Å². The van der Waals surface area contributed by atoms with Crippen LogP contribution in [0.15, 0.2) is 69.6 Å². The average Bonchev–Trinajstić information content (AvgIpc) is 3.34. The van der Waals surface area contributed by atoms with Crippen LogP contribution in [0.25, 0.3) is 10.2 Å². The zero-order valence-corrected chi connectivity index (χ0v) is 19.3. The molecule has 0 saturated carbocycles. The van der Waals surface area contributed by atoms with Gasteiger partial charge in [0.2, 0.25) is 5.91 Å². The first-order valence-corrected chi connectivity index (χ1v) is 11.1. The molecular weight excluding hydrogens is 458 g/mol. The van der Waals surface area contributed by atoms with Crippen molar-refractivity contribution < 1.29 is 19.1 Å². The number of ether oxygens (including phenoxy) is 2. The summed E-state index contributed by atoms with van der Waals surface area (Å²) >= 11 is 1.19. The van der Waals surface area contributed by atoms with Crippen LogP contribution < -0.4 is 21.3 Å². The van der Waals surface area contributed by atoms with Gasteiger partial charge in [-0.15, -0.1) is 11.3 Å². The molecule has 0 aliphatic heterocycles. The number of hydrogen-bond acceptors (Lipinski definition) is 7. The van der Waals surface area contributed by atoms with Crippen molar-refractivity contribution in [3.63, 3.8) is 0 Å². The summed E-state index contributed by atoms with van der Waals surface area (Å²) in [6.45, 7) is -0.365. The van der Waals surface area contributed by atoms with Crippen molar-refractivity contribution in [3.05, 3.63) is 91.9 Å². The molecule has 174 valence electrons. The lowest BCUT2D eigenvalue weighted by atomic mass is 10.2. The van der Waals surface area contributed by atoms with Crippen LogP contribution in [0, 0.1) is 0 Å². The maximum atomic E-state index is 13.4. The van der Waals surface area contributed by atoms with Crippen molar-refractivity contribution in [2.24, 2.45) is 0 Å². The lowest BCUT2D eigenvalue weighted by Gasteiger charge is -2.14. The summed E-state index contributed by atoms with van der Waals surface area (Å²) in [6, 6.07) is 15.1. The van der Waals surface area contributed by atoms with Gasteiger partial charge in [-0.25, -0.2) is 9.59 Å². The number of fused-ring (bicyclic) bond motifs is 1. The summed E-state index contributed by atoms with van der Waals surface area (Å²) < 4.78 is 12.8. The molecule has 9 nitrogen and oxygen atoms in total. The van der Waals surface area contributed by atoms with Crippen molar-refractivity contribution >= 4 is 39.1 Å². The number of anilines is 1. The number of nitrogens with zero attached hydrogens (tertiary/aromatic N) is 2. The molecule has 2 aromatic carbocycles. The highest BCUT2D eigenvalue weighted by Crippen LogP contribution is 2.20. The molecule has 0 aliphatic rings. The van der Waals surface area contributed by atoms with Crippen LogP contribution in [-0.4, -0.2) is 35.2 Å². The predicted octanol–water partition coefficient (Wildman–Crippen LogP) is 2.71. The molecule has 34 heavy (non-hydrogen) atoms. The van der Waals surface area contributed by atoms with E-state index in [9.17, 15) is 19.2 Å². The Labute approximate surface area is 197 Å². The Hall–Kier alpha value is -4.18. The molecule has 0 aliphatic carbocycles. The van der Waals surface area contributed by atoms with Gasteiger partial charge < -0.3 is 14.8 Å². The smallest absolute Gasteiger partial charge is 0.339 e. The Bertz CT molecular complexity index is 1500. The number of thiophene rings is 1. The maximum Gasteiger partial charge on any atom is 0.339 e. The van der Waals surface area contributed by atoms with E-state index < -0.39 is 23.1 Å². The second kappa shape index (κ2) is 9.75. The van der Waals surface area contributed by atoms with E-state index in [0.29, 0.717) is 21.5 Å². The third-order valence-corrected chi connectivity index (χ3v) is 6.16. The van der Waals surface area contributed by atoms with E-state index in [1.807, 2.05) is 0 Å². The summed E-state index contributed by atoms with van der Waals surface area (Å²) in [7, 11) is 2.76. The summed E-state index contributed by atoms with van der Waals surface area (Å²) in [5.41, 5.74) is 0.409. The average molecular weight is 480 g/mol. The minimum absolute atomic E-state index is 0.0116. The fourth-order valence-electron chi connectivity index (χ4n) is 3.64. The molecule has 4 aromatic rings. The molecule has 1 N–H and O–H groups in total. The Morgan fingerprint density at radius 2 is 1.71 bits per heavy atom. The molecule has 10 heteroatoms. The van der Waals surface area contributed by atoms with E-state index in [4.69, 9.17) is 9.47 Å². The molecule has 0 fully saturated rings. The minimum Gasteiger partial charge on any atom is -0.496 e. The minimum atomic E-state index is -0.627. The summed E-state index contributed by atoms with van der Waals surface area (Å²) in [5, 5.41) is 4.35. The molecule has 2 heterocycles. The van der Waals surface area contributed by atoms with Crippen LogP contribution in [0.2, 0.25) is 0 Å². The molecule has 0 saturated heterocycles. The Morgan fingerprint density at radius 3 is 2.47 bits per heavy atom. The van der Waals surface area contributed by atoms with Gasteiger partial charge in [-0.3, -0.25) is 18.7 Å². The number of para-hydroxylation sites is 2. The molecule has 4 rings (SSSR count). The van der Waals surface area contributed by atoms with Gasteiger partial charge in [-0.1, -0.05) is 30.3 Å². The summed E-state index contributed by atoms with van der Waals surface area (Å²) in [6.07, 6.45) is 0. The van der Waals surface area contributed by atoms with E-state index >= 15 is 0 Å². The van der Waals surface area contributed by atoms with Crippen LogP contribution in [0.5, 0.6) is 5.75 Å². The summed E-state index contributed by atoms with van der Waals surface area (Å²) in [4.78, 5) is 51.3. The first kappa shape index (κ1) is 23.0. The van der Waals surface area contributed by atoms with Crippen LogP contribution in [0.4, 0.5) is 5.69 Å². The van der Waals surface area contributed by atoms with Gasteiger partial charge in [0.15, 0.2) is 0 Å². The van der Waals surface area contributed by atoms with Gasteiger partial charge in [0.1, 0.15) is 17.0 Å². The third-order valence-electron chi connectivity index (χ3n) is 5.27. The monoisotopic (exact) mass is 479 g/mol. The van der Waals surface area contributed by atoms with Gasteiger partial charge in [0, 0.05) is 5.56 Å². The highest BCUT2D eigenvalue weighted by atomic mass is 32.1. The first-order valence-electron chi connectivity index (χ1n) is 10.2. The van der Waals surface area contributed by atoms with E-state index in [0.717, 1.165) is 4.57 Å². The standard InChI is InChI=1S/C24H21N3O6S/c1-32-19-10-6-3-7-15(19)13-27-22(29)21-18(11-12-34-21)26(24(27)31)14-20(28)25-17-9-5-4-8-16(17)23(30)33-2/h3-12H,13-14H2,1-2H3,(H,25,28). The SMILES string of the molecule is COC(=O)c1ccccc1NC(=O)Cn1c(=O)n(Cc2ccccc2OC)c(=O)c2sccc21. The van der Waals surface area contributed by atoms with Gasteiger partial charge in [-0.2, -0.15) is 0 Å². The molecule has 0 spiro atoms. The Kier molecular flexibility index (Phi) is 6.60. The van der Waals surface area contributed by atoms with Crippen molar-refractivity contribution in [1.29, 1.82) is 0 Å². The zero-order chi connectivity index (χ0) is 24.2. The summed E-state index contributed by atoms with van der Waals surface area (Å²) in [5.74, 6) is -0.587. The van der Waals surface area contributed by atoms with Gasteiger partial charge in [-0.05, 0) is 29.6 Å². The quantitative estimate of drug-likeness (QED) is 0.408. The highest BCUT2D eigenvalue weighted by molar-refractivity contribution is 7.17. The van der Waals surface area contributed by atoms with Crippen molar-refractivity contribution in [3.8, 4) is 5.75 Å². The molecule has 0 atom stereocenters. The number of nitrogens with one attached hydrogen (secondary N) is 1. The first-order chi connectivity index (χ1) is 16.4. The number of hydrogen-bond donors (Lipinski definition) is 1. The maximum absolute atomic E-state index is 13.4. The van der Waals surface area contributed by atoms with Gasteiger partial charge in [0.05, 0.1) is 37.5 Å². The van der Waals surface area contributed by atoms with Crippen LogP contribution in [0.3, 0.4) is 0 Å². The van der Waals surface area contributed by atoms with E-state index in [2.05, 4.69) is 5.32 Å². The highest BCUT2D eigenvalue weighted by Gasteiger charge is 2.19. The Balaban J connectivity index is 1.72. The molecular formula is C24H21N3O6S. The lowest BCUT2D eigenvalue weighted by Crippen LogP contribution is -2.41. The second-order valence-corrected chi connectivity index (χ2v) is 8.21.